The van der Waals surface area contributed by atoms with Crippen LogP contribution in [0.5, 0.6) is 0 Å². The van der Waals surface area contributed by atoms with Gasteiger partial charge in [0.15, 0.2) is 0 Å². The zero-order valence-electron chi connectivity index (χ0n) is 5.07. The molecule has 0 bridgehead atoms. The molecule has 0 aromatic carbocycles. The van der Waals surface area contributed by atoms with Crippen molar-refractivity contribution in [1.29, 1.82) is 0 Å². The van der Waals surface area contributed by atoms with Crippen LogP contribution >= 0.6 is 0 Å². The number of ether oxygens (including phenoxy) is 1. The van der Waals surface area contributed by atoms with Crippen molar-refractivity contribution in [2.24, 2.45) is 0 Å². The molecule has 48 valence electrons. The van der Waals surface area contributed by atoms with Crippen LogP contribution in [0, 0.1) is 6.33 Å². The van der Waals surface area contributed by atoms with Gasteiger partial charge in [-0.25, -0.2) is 0 Å². The summed E-state index contributed by atoms with van der Waals surface area (Å²) in [6, 6.07) is 0. The van der Waals surface area contributed by atoms with E-state index in [2.05, 4.69) is 11.3 Å². The maximum Gasteiger partial charge on any atom is 2.00 e. The summed E-state index contributed by atoms with van der Waals surface area (Å²) in [5.74, 6) is 0. The molecule has 1 aromatic heterocycles. The summed E-state index contributed by atoms with van der Waals surface area (Å²) in [6.07, 6.45) is 6.14. The summed E-state index contributed by atoms with van der Waals surface area (Å²) in [6.45, 7) is 0.528. The molecule has 0 amide bonds. The van der Waals surface area contributed by atoms with Crippen molar-refractivity contribution < 1.29 is 25.8 Å². The van der Waals surface area contributed by atoms with Crippen LogP contribution < -0.4 is 0 Å². The number of hydrogen-bond acceptors (Lipinski definition) is 2. The third-order valence-electron chi connectivity index (χ3n) is 0.776. The molecule has 1 aromatic rings. The first kappa shape index (κ1) is 8.86. The van der Waals surface area contributed by atoms with E-state index in [4.69, 9.17) is 4.74 Å². The molecule has 0 atom stereocenters. The minimum atomic E-state index is 0. The first-order valence-corrected chi connectivity index (χ1v) is 2.31. The van der Waals surface area contributed by atoms with E-state index in [-0.39, 0.29) is 21.1 Å². The van der Waals surface area contributed by atoms with E-state index >= 15 is 0 Å². The standard InChI is InChI=1S/C5H7N2O.W/c1-8-5-7-3-2-6-4-7;/h2-3H,5H2,1H3;/q-1;+2. The molecule has 0 unspecified atom stereocenters. The zero-order chi connectivity index (χ0) is 5.82. The summed E-state index contributed by atoms with van der Waals surface area (Å²) in [7, 11) is 1.63. The summed E-state index contributed by atoms with van der Waals surface area (Å²) in [5, 5.41) is 0. The summed E-state index contributed by atoms with van der Waals surface area (Å²) in [5.41, 5.74) is 0. The van der Waals surface area contributed by atoms with Crippen LogP contribution in [-0.4, -0.2) is 16.7 Å². The van der Waals surface area contributed by atoms with E-state index < -0.39 is 0 Å². The molecular formula is C5H7N2OW+. The van der Waals surface area contributed by atoms with Gasteiger partial charge in [0.1, 0.15) is 6.73 Å². The molecule has 0 aliphatic rings. The van der Waals surface area contributed by atoms with Crippen molar-refractivity contribution in [3.63, 3.8) is 0 Å². The predicted octanol–water partition coefficient (Wildman–Crippen LogP) is 0.285. The largest absolute Gasteiger partial charge is 2.00 e. The monoisotopic (exact) mass is 295 g/mol. The van der Waals surface area contributed by atoms with Gasteiger partial charge in [-0.05, 0) is 0 Å². The molecule has 0 aliphatic heterocycles. The van der Waals surface area contributed by atoms with Crippen molar-refractivity contribution >= 4 is 0 Å². The van der Waals surface area contributed by atoms with E-state index in [1.54, 1.807) is 24.1 Å². The van der Waals surface area contributed by atoms with Crippen LogP contribution in [0.2, 0.25) is 0 Å². The topological polar surface area (TPSA) is 27.1 Å². The molecule has 3 nitrogen and oxygen atoms in total. The van der Waals surface area contributed by atoms with E-state index in [1.807, 2.05) is 0 Å². The molecule has 0 aliphatic carbocycles. The van der Waals surface area contributed by atoms with Crippen molar-refractivity contribution in [2.75, 3.05) is 7.11 Å². The Bertz CT molecular complexity index is 141. The molecule has 0 N–H and O–H groups in total. The van der Waals surface area contributed by atoms with Crippen LogP contribution in [0.1, 0.15) is 0 Å². The summed E-state index contributed by atoms with van der Waals surface area (Å²) in [4.78, 5) is 3.70. The molecular weight excluding hydrogens is 288 g/mol. The number of nitrogens with zero attached hydrogens (tertiary/aromatic N) is 2. The summed E-state index contributed by atoms with van der Waals surface area (Å²) >= 11 is 0. The SMILES string of the molecule is COCn1[c-]ncc1.[W+2]. The Morgan fingerprint density at radius 3 is 3.00 bits per heavy atom. The second kappa shape index (κ2) is 4.71. The van der Waals surface area contributed by atoms with Gasteiger partial charge >= 0.3 is 21.1 Å². The number of rotatable bonds is 2. The van der Waals surface area contributed by atoms with Crippen LogP contribution in [0.15, 0.2) is 12.4 Å². The summed E-state index contributed by atoms with van der Waals surface area (Å²) < 4.78 is 6.50. The van der Waals surface area contributed by atoms with Crippen LogP contribution in [0.25, 0.3) is 0 Å². The van der Waals surface area contributed by atoms with E-state index in [1.165, 1.54) is 0 Å². The Hall–Kier alpha value is -0.142. The van der Waals surface area contributed by atoms with E-state index in [0.29, 0.717) is 6.73 Å². The normalized spacial score (nSPS) is 8.56. The van der Waals surface area contributed by atoms with Gasteiger partial charge in [0.2, 0.25) is 0 Å². The van der Waals surface area contributed by atoms with Gasteiger partial charge < -0.3 is 14.3 Å². The second-order valence-electron chi connectivity index (χ2n) is 1.41. The average molecular weight is 295 g/mol. The molecule has 1 heterocycles. The van der Waals surface area contributed by atoms with E-state index in [0.717, 1.165) is 0 Å². The Labute approximate surface area is 68.3 Å². The molecule has 9 heavy (non-hydrogen) atoms. The number of hydrogen-bond donors (Lipinski definition) is 0. The number of imidazole rings is 1. The van der Waals surface area contributed by atoms with Crippen molar-refractivity contribution in [2.45, 2.75) is 6.73 Å². The van der Waals surface area contributed by atoms with E-state index in [9.17, 15) is 0 Å². The molecule has 1 rings (SSSR count). The molecule has 4 heteroatoms. The molecule has 0 fully saturated rings. The third-order valence-corrected chi connectivity index (χ3v) is 0.776. The molecule has 0 saturated carbocycles. The predicted molar refractivity (Wildman–Crippen MR) is 28.1 cm³/mol. The zero-order valence-corrected chi connectivity index (χ0v) is 8.01. The Morgan fingerprint density at radius 2 is 2.56 bits per heavy atom. The number of aromatic nitrogens is 2. The third kappa shape index (κ3) is 2.78. The minimum absolute atomic E-state index is 0. The fourth-order valence-electron chi connectivity index (χ4n) is 0.466. The van der Waals surface area contributed by atoms with Crippen molar-refractivity contribution in [3.05, 3.63) is 18.7 Å². The molecule has 0 spiro atoms. The van der Waals surface area contributed by atoms with Gasteiger partial charge in [-0.15, -0.1) is 12.4 Å². The number of methoxy groups -OCH3 is 1. The average Bonchev–Trinajstić information content (AvgIpc) is 2.19. The van der Waals surface area contributed by atoms with Crippen LogP contribution in [0.3, 0.4) is 0 Å². The van der Waals surface area contributed by atoms with Crippen LogP contribution in [0.4, 0.5) is 0 Å². The van der Waals surface area contributed by atoms with Crippen molar-refractivity contribution in [3.8, 4) is 0 Å². The Kier molecular flexibility index (Phi) is 4.64. The van der Waals surface area contributed by atoms with Gasteiger partial charge in [0, 0.05) is 13.4 Å². The fraction of sp³-hybridized carbons (Fsp3) is 0.400. The second-order valence-corrected chi connectivity index (χ2v) is 1.41. The van der Waals surface area contributed by atoms with Gasteiger partial charge in [-0.2, -0.15) is 0 Å². The van der Waals surface area contributed by atoms with Gasteiger partial charge in [-0.3, -0.25) is 0 Å². The van der Waals surface area contributed by atoms with Gasteiger partial charge in [-0.1, -0.05) is 0 Å². The first-order chi connectivity index (χ1) is 3.93. The Morgan fingerprint density at radius 1 is 1.78 bits per heavy atom. The quantitative estimate of drug-likeness (QED) is 0.733. The smallest absolute Gasteiger partial charge is 0.433 e. The van der Waals surface area contributed by atoms with Gasteiger partial charge in [0.25, 0.3) is 0 Å². The molecule has 0 radical (unpaired) electrons. The van der Waals surface area contributed by atoms with Crippen molar-refractivity contribution in [1.82, 2.24) is 9.55 Å². The maximum absolute atomic E-state index is 4.78. The fourth-order valence-corrected chi connectivity index (χ4v) is 0.466. The molecule has 0 saturated heterocycles. The Balaban J connectivity index is 0.000000640. The maximum atomic E-state index is 4.78. The minimum Gasteiger partial charge on any atom is -0.433 e. The van der Waals surface area contributed by atoms with Crippen LogP contribution in [-0.2, 0) is 32.5 Å². The first-order valence-electron chi connectivity index (χ1n) is 2.31. The van der Waals surface area contributed by atoms with Gasteiger partial charge in [0.05, 0.1) is 0 Å².